The Bertz CT molecular complexity index is 1010. The molecule has 0 atom stereocenters. The molecule has 0 saturated heterocycles. The second kappa shape index (κ2) is 8.71. The van der Waals surface area contributed by atoms with E-state index >= 15 is 0 Å². The highest BCUT2D eigenvalue weighted by Crippen LogP contribution is 2.26. The molecular formula is C21H21ClN4O2. The Labute approximate surface area is 168 Å². The molecule has 1 aromatic heterocycles. The number of para-hydroxylation sites is 2. The smallest absolute Gasteiger partial charge is 0.274 e. The first-order valence-corrected chi connectivity index (χ1v) is 9.26. The Morgan fingerprint density at radius 1 is 1.07 bits per heavy atom. The monoisotopic (exact) mass is 396 g/mol. The van der Waals surface area contributed by atoms with Crippen molar-refractivity contribution in [1.29, 1.82) is 0 Å². The van der Waals surface area contributed by atoms with Gasteiger partial charge in [-0.25, -0.2) is 9.97 Å². The number of carbonyl (C=O) groups is 1. The van der Waals surface area contributed by atoms with Crippen molar-refractivity contribution in [3.8, 4) is 5.75 Å². The molecule has 0 aliphatic rings. The summed E-state index contributed by atoms with van der Waals surface area (Å²) in [5, 5.41) is 6.67. The Kier molecular flexibility index (Phi) is 6.11. The molecule has 1 heterocycles. The Morgan fingerprint density at radius 2 is 1.86 bits per heavy atom. The van der Waals surface area contributed by atoms with Crippen molar-refractivity contribution in [3.05, 3.63) is 70.6 Å². The molecule has 7 heteroatoms. The van der Waals surface area contributed by atoms with Crippen LogP contribution in [0.25, 0.3) is 0 Å². The van der Waals surface area contributed by atoms with Gasteiger partial charge in [-0.2, -0.15) is 0 Å². The molecule has 2 aromatic carbocycles. The number of hydrogen-bond acceptors (Lipinski definition) is 5. The first-order chi connectivity index (χ1) is 13.5. The van der Waals surface area contributed by atoms with Crippen LogP contribution in [0.15, 0.2) is 48.5 Å². The fraction of sp³-hybridized carbons (Fsp3) is 0.190. The highest BCUT2D eigenvalue weighted by atomic mass is 35.5. The highest BCUT2D eigenvalue weighted by molar-refractivity contribution is 6.30. The summed E-state index contributed by atoms with van der Waals surface area (Å²) in [5.74, 6) is 1.26. The number of benzene rings is 2. The zero-order chi connectivity index (χ0) is 20.1. The molecular weight excluding hydrogens is 376 g/mol. The van der Waals surface area contributed by atoms with E-state index in [1.54, 1.807) is 25.1 Å². The van der Waals surface area contributed by atoms with Gasteiger partial charge in [0.1, 0.15) is 23.1 Å². The highest BCUT2D eigenvalue weighted by Gasteiger charge is 2.14. The fourth-order valence-corrected chi connectivity index (χ4v) is 2.82. The first kappa shape index (κ1) is 19.6. The molecule has 0 spiro atoms. The van der Waals surface area contributed by atoms with Crippen molar-refractivity contribution in [2.45, 2.75) is 20.8 Å². The van der Waals surface area contributed by atoms with Crippen molar-refractivity contribution in [2.75, 3.05) is 17.2 Å². The third-order valence-electron chi connectivity index (χ3n) is 3.97. The maximum absolute atomic E-state index is 12.7. The van der Waals surface area contributed by atoms with Crippen LogP contribution in [-0.4, -0.2) is 22.5 Å². The number of halogens is 1. The average molecular weight is 397 g/mol. The number of ether oxygens (including phenoxy) is 1. The minimum atomic E-state index is -0.344. The van der Waals surface area contributed by atoms with Gasteiger partial charge >= 0.3 is 0 Å². The molecule has 0 fully saturated rings. The van der Waals surface area contributed by atoms with E-state index in [4.69, 9.17) is 16.3 Å². The number of hydrogen-bond donors (Lipinski definition) is 2. The summed E-state index contributed by atoms with van der Waals surface area (Å²) in [5.41, 5.74) is 2.67. The Morgan fingerprint density at radius 3 is 2.64 bits per heavy atom. The third kappa shape index (κ3) is 4.78. The molecule has 0 saturated carbocycles. The lowest BCUT2D eigenvalue weighted by atomic mass is 10.2. The Hall–Kier alpha value is -3.12. The van der Waals surface area contributed by atoms with Gasteiger partial charge in [0, 0.05) is 16.8 Å². The number of aromatic nitrogens is 2. The predicted molar refractivity (Wildman–Crippen MR) is 112 cm³/mol. The van der Waals surface area contributed by atoms with Gasteiger partial charge in [0.25, 0.3) is 5.91 Å². The van der Waals surface area contributed by atoms with Crippen LogP contribution in [0.4, 0.5) is 17.2 Å². The lowest BCUT2D eigenvalue weighted by Crippen LogP contribution is -2.16. The number of aryl methyl sites for hydroxylation is 2. The number of carbonyl (C=O) groups excluding carboxylic acids is 1. The van der Waals surface area contributed by atoms with E-state index in [2.05, 4.69) is 20.6 Å². The molecule has 0 unspecified atom stereocenters. The molecule has 1 amide bonds. The standard InChI is InChI=1S/C21H21ClN4O2/c1-4-28-19-8-6-5-7-16(19)26-21(27)18-12-20(24-14(3)23-18)25-17-11-15(22)10-9-13(17)2/h5-12H,4H2,1-3H3,(H,26,27)(H,23,24,25). The zero-order valence-corrected chi connectivity index (χ0v) is 16.7. The van der Waals surface area contributed by atoms with Crippen LogP contribution in [0.1, 0.15) is 28.8 Å². The number of anilines is 3. The maximum atomic E-state index is 12.7. The van der Waals surface area contributed by atoms with Gasteiger partial charge in [-0.3, -0.25) is 4.79 Å². The average Bonchev–Trinajstić information content (AvgIpc) is 2.66. The summed E-state index contributed by atoms with van der Waals surface area (Å²) in [6.45, 7) is 6.10. The molecule has 0 radical (unpaired) electrons. The van der Waals surface area contributed by atoms with Gasteiger partial charge in [-0.15, -0.1) is 0 Å². The molecule has 0 bridgehead atoms. The molecule has 6 nitrogen and oxygen atoms in total. The SMILES string of the molecule is CCOc1ccccc1NC(=O)c1cc(Nc2cc(Cl)ccc2C)nc(C)n1. The zero-order valence-electron chi connectivity index (χ0n) is 15.9. The lowest BCUT2D eigenvalue weighted by Gasteiger charge is -2.13. The van der Waals surface area contributed by atoms with Crippen LogP contribution in [0, 0.1) is 13.8 Å². The second-order valence-corrected chi connectivity index (χ2v) is 6.59. The van der Waals surface area contributed by atoms with Crippen molar-refractivity contribution < 1.29 is 9.53 Å². The molecule has 0 aliphatic carbocycles. The van der Waals surface area contributed by atoms with Crippen LogP contribution in [-0.2, 0) is 0 Å². The first-order valence-electron chi connectivity index (χ1n) is 8.88. The molecule has 0 aliphatic heterocycles. The van der Waals surface area contributed by atoms with Gasteiger partial charge in [0.05, 0.1) is 12.3 Å². The third-order valence-corrected chi connectivity index (χ3v) is 4.20. The summed E-state index contributed by atoms with van der Waals surface area (Å²) in [7, 11) is 0. The van der Waals surface area contributed by atoms with Gasteiger partial charge in [-0.1, -0.05) is 29.8 Å². The van der Waals surface area contributed by atoms with E-state index in [1.165, 1.54) is 0 Å². The van der Waals surface area contributed by atoms with Crippen LogP contribution in [0.2, 0.25) is 5.02 Å². The topological polar surface area (TPSA) is 76.1 Å². The van der Waals surface area contributed by atoms with Crippen LogP contribution in [0.3, 0.4) is 0 Å². The van der Waals surface area contributed by atoms with E-state index in [1.807, 2.05) is 44.2 Å². The molecule has 2 N–H and O–H groups in total. The summed E-state index contributed by atoms with van der Waals surface area (Å²) < 4.78 is 5.55. The minimum absolute atomic E-state index is 0.251. The molecule has 3 rings (SSSR count). The van der Waals surface area contributed by atoms with Crippen LogP contribution in [0.5, 0.6) is 5.75 Å². The lowest BCUT2D eigenvalue weighted by molar-refractivity contribution is 0.102. The van der Waals surface area contributed by atoms with E-state index in [0.717, 1.165) is 11.3 Å². The predicted octanol–water partition coefficient (Wildman–Crippen LogP) is 5.14. The van der Waals surface area contributed by atoms with E-state index in [0.29, 0.717) is 34.7 Å². The summed E-state index contributed by atoms with van der Waals surface area (Å²) in [6, 6.07) is 14.4. The summed E-state index contributed by atoms with van der Waals surface area (Å²) >= 11 is 6.08. The van der Waals surface area contributed by atoms with Gasteiger partial charge in [0.2, 0.25) is 0 Å². The minimum Gasteiger partial charge on any atom is -0.492 e. The van der Waals surface area contributed by atoms with Crippen LogP contribution < -0.4 is 15.4 Å². The van der Waals surface area contributed by atoms with Crippen molar-refractivity contribution in [2.24, 2.45) is 0 Å². The normalized spacial score (nSPS) is 10.4. The quantitative estimate of drug-likeness (QED) is 0.603. The van der Waals surface area contributed by atoms with Gasteiger partial charge in [-0.05, 0) is 50.6 Å². The van der Waals surface area contributed by atoms with Crippen molar-refractivity contribution >= 4 is 34.7 Å². The molecule has 3 aromatic rings. The fourth-order valence-electron chi connectivity index (χ4n) is 2.65. The Balaban J connectivity index is 1.85. The summed E-state index contributed by atoms with van der Waals surface area (Å²) in [4.78, 5) is 21.4. The van der Waals surface area contributed by atoms with Crippen molar-refractivity contribution in [1.82, 2.24) is 9.97 Å². The number of rotatable bonds is 6. The molecule has 144 valence electrons. The number of nitrogens with zero attached hydrogens (tertiary/aromatic N) is 2. The maximum Gasteiger partial charge on any atom is 0.274 e. The number of nitrogens with one attached hydrogen (secondary N) is 2. The van der Waals surface area contributed by atoms with E-state index < -0.39 is 0 Å². The summed E-state index contributed by atoms with van der Waals surface area (Å²) in [6.07, 6.45) is 0. The van der Waals surface area contributed by atoms with E-state index in [9.17, 15) is 4.79 Å². The number of amides is 1. The second-order valence-electron chi connectivity index (χ2n) is 6.15. The van der Waals surface area contributed by atoms with Crippen LogP contribution >= 0.6 is 11.6 Å². The van der Waals surface area contributed by atoms with Crippen molar-refractivity contribution in [3.63, 3.8) is 0 Å². The largest absolute Gasteiger partial charge is 0.492 e. The van der Waals surface area contributed by atoms with E-state index in [-0.39, 0.29) is 11.6 Å². The molecule has 28 heavy (non-hydrogen) atoms. The van der Waals surface area contributed by atoms with Gasteiger partial charge < -0.3 is 15.4 Å². The van der Waals surface area contributed by atoms with Gasteiger partial charge in [0.15, 0.2) is 0 Å².